The lowest BCUT2D eigenvalue weighted by Crippen LogP contribution is -2.40. The summed E-state index contributed by atoms with van der Waals surface area (Å²) in [7, 11) is -3.95. The molecule has 0 amide bonds. The van der Waals surface area contributed by atoms with Gasteiger partial charge in [0.25, 0.3) is 0 Å². The van der Waals surface area contributed by atoms with Crippen molar-refractivity contribution < 1.29 is 21.6 Å². The first-order valence-electron chi connectivity index (χ1n) is 8.19. The summed E-state index contributed by atoms with van der Waals surface area (Å²) in [6, 6.07) is 5.86. The van der Waals surface area contributed by atoms with Crippen LogP contribution < -0.4 is 4.72 Å². The first-order valence-corrected chi connectivity index (χ1v) is 9.68. The summed E-state index contributed by atoms with van der Waals surface area (Å²) < 4.78 is 59.1. The number of likely N-dealkylation sites (tertiary alicyclic amines) is 1. The van der Waals surface area contributed by atoms with Crippen molar-refractivity contribution in [3.63, 3.8) is 0 Å². The highest BCUT2D eigenvalue weighted by molar-refractivity contribution is 7.89. The average molecular weight is 370 g/mol. The molecular formula is C17H20F2N2O3S. The van der Waals surface area contributed by atoms with Crippen molar-refractivity contribution >= 4 is 10.0 Å². The SMILES string of the molecule is O=S(=O)(NCC(c1ccco1)N1CCCCC1)c1ccc(F)c(F)c1. The Hall–Kier alpha value is -1.77. The molecule has 136 valence electrons. The van der Waals surface area contributed by atoms with Crippen LogP contribution in [0.4, 0.5) is 8.78 Å². The number of piperidine rings is 1. The third kappa shape index (κ3) is 4.26. The van der Waals surface area contributed by atoms with Crippen molar-refractivity contribution in [2.45, 2.75) is 30.2 Å². The topological polar surface area (TPSA) is 62.6 Å². The first kappa shape index (κ1) is 18.0. The third-order valence-electron chi connectivity index (χ3n) is 4.37. The van der Waals surface area contributed by atoms with E-state index in [1.165, 1.54) is 0 Å². The molecule has 0 saturated carbocycles. The van der Waals surface area contributed by atoms with Crippen LogP contribution >= 0.6 is 0 Å². The lowest BCUT2D eigenvalue weighted by atomic mass is 10.1. The Morgan fingerprint density at radius 1 is 1.12 bits per heavy atom. The van der Waals surface area contributed by atoms with Crippen LogP contribution in [0.15, 0.2) is 45.9 Å². The minimum absolute atomic E-state index is 0.0921. The second-order valence-corrected chi connectivity index (χ2v) is 7.82. The van der Waals surface area contributed by atoms with Gasteiger partial charge in [-0.05, 0) is 56.3 Å². The van der Waals surface area contributed by atoms with Crippen molar-refractivity contribution in [3.8, 4) is 0 Å². The normalized spacial score (nSPS) is 17.5. The molecular weight excluding hydrogens is 350 g/mol. The van der Waals surface area contributed by atoms with Crippen LogP contribution in [0.2, 0.25) is 0 Å². The Bertz CT molecular complexity index is 803. The summed E-state index contributed by atoms with van der Waals surface area (Å²) in [4.78, 5) is 1.87. The predicted octanol–water partition coefficient (Wildman–Crippen LogP) is 3.06. The lowest BCUT2D eigenvalue weighted by molar-refractivity contribution is 0.147. The Morgan fingerprint density at radius 3 is 2.52 bits per heavy atom. The van der Waals surface area contributed by atoms with Gasteiger partial charge in [0.2, 0.25) is 10.0 Å². The number of sulfonamides is 1. The van der Waals surface area contributed by atoms with Gasteiger partial charge in [0.15, 0.2) is 11.6 Å². The number of hydrogen-bond acceptors (Lipinski definition) is 4. The highest BCUT2D eigenvalue weighted by atomic mass is 32.2. The molecule has 0 radical (unpaired) electrons. The number of benzene rings is 1. The Labute approximate surface area is 145 Å². The van der Waals surface area contributed by atoms with Gasteiger partial charge in [-0.1, -0.05) is 6.42 Å². The van der Waals surface area contributed by atoms with Crippen LogP contribution in [-0.4, -0.2) is 33.0 Å². The zero-order valence-electron chi connectivity index (χ0n) is 13.6. The zero-order valence-corrected chi connectivity index (χ0v) is 14.4. The molecule has 1 atom stereocenters. The average Bonchev–Trinajstić information content (AvgIpc) is 3.12. The zero-order chi connectivity index (χ0) is 17.9. The summed E-state index contributed by atoms with van der Waals surface area (Å²) in [6.07, 6.45) is 4.80. The number of rotatable bonds is 6. The van der Waals surface area contributed by atoms with E-state index in [4.69, 9.17) is 4.42 Å². The number of hydrogen-bond donors (Lipinski definition) is 1. The maximum Gasteiger partial charge on any atom is 0.240 e. The van der Waals surface area contributed by atoms with Crippen LogP contribution in [0.1, 0.15) is 31.1 Å². The van der Waals surface area contributed by atoms with Crippen molar-refractivity contribution in [2.24, 2.45) is 0 Å². The quantitative estimate of drug-likeness (QED) is 0.849. The molecule has 1 aliphatic rings. The molecule has 5 nitrogen and oxygen atoms in total. The third-order valence-corrected chi connectivity index (χ3v) is 5.79. The molecule has 8 heteroatoms. The summed E-state index contributed by atoms with van der Waals surface area (Å²) in [5, 5.41) is 0. The molecule has 0 spiro atoms. The minimum Gasteiger partial charge on any atom is -0.468 e. The van der Waals surface area contributed by atoms with E-state index in [2.05, 4.69) is 9.62 Å². The van der Waals surface area contributed by atoms with Gasteiger partial charge < -0.3 is 4.42 Å². The van der Waals surface area contributed by atoms with Crippen LogP contribution in [-0.2, 0) is 10.0 Å². The maximum atomic E-state index is 13.3. The van der Waals surface area contributed by atoms with Gasteiger partial charge in [-0.25, -0.2) is 21.9 Å². The Morgan fingerprint density at radius 2 is 1.88 bits per heavy atom. The van der Waals surface area contributed by atoms with Gasteiger partial charge in [-0.2, -0.15) is 0 Å². The van der Waals surface area contributed by atoms with E-state index in [0.29, 0.717) is 11.8 Å². The molecule has 25 heavy (non-hydrogen) atoms. The molecule has 1 aromatic carbocycles. The molecule has 1 saturated heterocycles. The van der Waals surface area contributed by atoms with E-state index >= 15 is 0 Å². The van der Waals surface area contributed by atoms with Gasteiger partial charge in [0.1, 0.15) is 5.76 Å². The summed E-state index contributed by atoms with van der Waals surface area (Å²) in [5.74, 6) is -1.60. The second kappa shape index (κ2) is 7.63. The first-order chi connectivity index (χ1) is 12.0. The number of nitrogens with zero attached hydrogens (tertiary/aromatic N) is 1. The molecule has 1 aliphatic heterocycles. The second-order valence-electron chi connectivity index (χ2n) is 6.06. The van der Waals surface area contributed by atoms with Crippen molar-refractivity contribution in [1.82, 2.24) is 9.62 Å². The predicted molar refractivity (Wildman–Crippen MR) is 88.4 cm³/mol. The van der Waals surface area contributed by atoms with Crippen molar-refractivity contribution in [3.05, 3.63) is 54.0 Å². The van der Waals surface area contributed by atoms with E-state index in [0.717, 1.165) is 44.5 Å². The largest absolute Gasteiger partial charge is 0.468 e. The van der Waals surface area contributed by atoms with Crippen LogP contribution in [0, 0.1) is 11.6 Å². The summed E-state index contributed by atoms with van der Waals surface area (Å²) >= 11 is 0. The fourth-order valence-electron chi connectivity index (χ4n) is 3.04. The number of furan rings is 1. The van der Waals surface area contributed by atoms with Crippen LogP contribution in [0.25, 0.3) is 0 Å². The fourth-order valence-corrected chi connectivity index (χ4v) is 4.09. The number of nitrogens with one attached hydrogen (secondary N) is 1. The molecule has 1 aromatic heterocycles. The molecule has 1 fully saturated rings. The Balaban J connectivity index is 1.76. The highest BCUT2D eigenvalue weighted by Crippen LogP contribution is 2.25. The van der Waals surface area contributed by atoms with E-state index in [1.807, 2.05) is 6.07 Å². The van der Waals surface area contributed by atoms with E-state index in [-0.39, 0.29) is 17.5 Å². The standard InChI is InChI=1S/C17H20F2N2O3S/c18-14-7-6-13(11-15(14)19)25(22,23)20-12-16(17-5-4-10-24-17)21-8-2-1-3-9-21/h4-7,10-11,16,20H,1-3,8-9,12H2. The van der Waals surface area contributed by atoms with Crippen LogP contribution in [0.3, 0.4) is 0 Å². The van der Waals surface area contributed by atoms with E-state index in [9.17, 15) is 17.2 Å². The lowest BCUT2D eigenvalue weighted by Gasteiger charge is -2.33. The van der Waals surface area contributed by atoms with Crippen LogP contribution in [0.5, 0.6) is 0 Å². The smallest absolute Gasteiger partial charge is 0.240 e. The molecule has 2 aromatic rings. The molecule has 2 heterocycles. The molecule has 3 rings (SSSR count). The van der Waals surface area contributed by atoms with Crippen molar-refractivity contribution in [1.29, 1.82) is 0 Å². The summed E-state index contributed by atoms with van der Waals surface area (Å²) in [5.41, 5.74) is 0. The Kier molecular flexibility index (Phi) is 5.51. The van der Waals surface area contributed by atoms with Gasteiger partial charge in [-0.3, -0.25) is 4.90 Å². The molecule has 1 N–H and O–H groups in total. The number of halogens is 2. The van der Waals surface area contributed by atoms with Gasteiger partial charge in [-0.15, -0.1) is 0 Å². The van der Waals surface area contributed by atoms with Gasteiger partial charge >= 0.3 is 0 Å². The molecule has 1 unspecified atom stereocenters. The minimum atomic E-state index is -3.95. The van der Waals surface area contributed by atoms with Gasteiger partial charge in [0, 0.05) is 6.54 Å². The monoisotopic (exact) mass is 370 g/mol. The molecule has 0 bridgehead atoms. The maximum absolute atomic E-state index is 13.3. The highest BCUT2D eigenvalue weighted by Gasteiger charge is 2.26. The summed E-state index contributed by atoms with van der Waals surface area (Å²) in [6.45, 7) is 1.81. The molecule has 0 aliphatic carbocycles. The fraction of sp³-hybridized carbons (Fsp3) is 0.412. The van der Waals surface area contributed by atoms with E-state index in [1.54, 1.807) is 12.3 Å². The van der Waals surface area contributed by atoms with E-state index < -0.39 is 21.7 Å². The van der Waals surface area contributed by atoms with Crippen molar-refractivity contribution in [2.75, 3.05) is 19.6 Å². The van der Waals surface area contributed by atoms with Gasteiger partial charge in [0.05, 0.1) is 17.2 Å².